The number of pyridine rings is 3. The molecule has 0 saturated carbocycles. The van der Waals surface area contributed by atoms with Crippen LogP contribution in [0.5, 0.6) is 0 Å². The number of benzene rings is 3. The van der Waals surface area contributed by atoms with Gasteiger partial charge in [-0.2, -0.15) is 9.37 Å². The molecule has 7 heteroatoms. The Balaban J connectivity index is 0.000000211. The third-order valence-corrected chi connectivity index (χ3v) is 9.99. The van der Waals surface area contributed by atoms with Crippen LogP contribution in [0.4, 0.5) is 4.39 Å². The Hall–Kier alpha value is -4.29. The minimum atomic E-state index is -2.34. The number of fused-ring (bicyclic) bond motifs is 3. The fourth-order valence-corrected chi connectivity index (χ4v) is 7.30. The van der Waals surface area contributed by atoms with Gasteiger partial charge in [-0.1, -0.05) is 92.5 Å². The zero-order valence-electron chi connectivity index (χ0n) is 30.6. The summed E-state index contributed by atoms with van der Waals surface area (Å²) < 4.78 is 43.4. The first kappa shape index (κ1) is 31.0. The number of nitrogens with zero attached hydrogens (tertiary/aromatic N) is 3. The molecule has 0 saturated heterocycles. The van der Waals surface area contributed by atoms with Crippen molar-refractivity contribution >= 4 is 35.3 Å². The Morgan fingerprint density at radius 2 is 1.62 bits per heavy atom. The monoisotopic (exact) mass is 831 g/mol. The average Bonchev–Trinajstić information content (AvgIpc) is 3.46. The van der Waals surface area contributed by atoms with Crippen LogP contribution in [0.25, 0.3) is 55.7 Å². The smallest absolute Gasteiger partial charge is 0.218 e. The van der Waals surface area contributed by atoms with E-state index >= 15 is 0 Å². The van der Waals surface area contributed by atoms with Crippen LogP contribution in [0.3, 0.4) is 0 Å². The molecule has 7 aromatic rings. The van der Waals surface area contributed by atoms with Gasteiger partial charge in [-0.15, -0.1) is 54.1 Å². The molecule has 0 amide bonds. The molecule has 1 radical (unpaired) electrons. The van der Waals surface area contributed by atoms with Crippen molar-refractivity contribution in [2.45, 2.75) is 46.8 Å². The van der Waals surface area contributed by atoms with E-state index in [0.29, 0.717) is 33.7 Å². The van der Waals surface area contributed by atoms with Crippen molar-refractivity contribution < 1.29 is 33.0 Å². The van der Waals surface area contributed by atoms with Gasteiger partial charge in [0.25, 0.3) is 0 Å². The summed E-state index contributed by atoms with van der Waals surface area (Å²) in [5.41, 5.74) is 6.61. The van der Waals surface area contributed by atoms with Crippen LogP contribution in [0.15, 0.2) is 108 Å². The summed E-state index contributed by atoms with van der Waals surface area (Å²) >= 11 is 0. The van der Waals surface area contributed by atoms with Crippen LogP contribution in [0.1, 0.15) is 29.1 Å². The molecule has 245 valence electrons. The number of furan rings is 1. The molecule has 0 aliphatic heterocycles. The molecular weight excluding hydrogens is 790 g/mol. The average molecular weight is 831 g/mol. The number of hydrogen-bond acceptors (Lipinski definition) is 4. The molecule has 4 aromatic heterocycles. The molecule has 0 unspecified atom stereocenters. The van der Waals surface area contributed by atoms with Gasteiger partial charge in [-0.05, 0) is 59.0 Å². The van der Waals surface area contributed by atoms with E-state index in [9.17, 15) is 4.39 Å². The van der Waals surface area contributed by atoms with Crippen molar-refractivity contribution in [3.63, 3.8) is 0 Å². The van der Waals surface area contributed by atoms with E-state index in [-0.39, 0.29) is 31.4 Å². The zero-order valence-corrected chi connectivity index (χ0v) is 31.0. The summed E-state index contributed by atoms with van der Waals surface area (Å²) in [5, 5.41) is 2.89. The summed E-state index contributed by atoms with van der Waals surface area (Å²) in [6.45, 7) is 9.40. The van der Waals surface area contributed by atoms with Gasteiger partial charge >= 0.3 is 0 Å². The van der Waals surface area contributed by atoms with Crippen molar-refractivity contribution in [2.24, 2.45) is 5.92 Å². The van der Waals surface area contributed by atoms with E-state index in [4.69, 9.17) is 8.53 Å². The Bertz CT molecular complexity index is 2270. The molecule has 0 aliphatic carbocycles. The first-order valence-electron chi connectivity index (χ1n) is 17.2. The Morgan fingerprint density at radius 3 is 2.33 bits per heavy atom. The second-order valence-electron chi connectivity index (χ2n) is 13.0. The molecule has 0 bridgehead atoms. The summed E-state index contributed by atoms with van der Waals surface area (Å²) in [4.78, 5) is 13.0. The first-order valence-corrected chi connectivity index (χ1v) is 19.2. The Morgan fingerprint density at radius 1 is 0.854 bits per heavy atom. The fraction of sp³-hybridized carbons (Fsp3) is 0.195. The molecule has 4 heterocycles. The third-order valence-electron chi connectivity index (χ3n) is 7.92. The van der Waals surface area contributed by atoms with Crippen molar-refractivity contribution in [2.75, 3.05) is 0 Å². The quantitative estimate of drug-likeness (QED) is 0.0952. The molecule has 0 aliphatic rings. The second kappa shape index (κ2) is 14.9. The van der Waals surface area contributed by atoms with Crippen LogP contribution in [0.2, 0.25) is 19.6 Å². The summed E-state index contributed by atoms with van der Waals surface area (Å²) in [6.07, 6.45) is 4.79. The van der Waals surface area contributed by atoms with Gasteiger partial charge in [0, 0.05) is 47.6 Å². The van der Waals surface area contributed by atoms with E-state index in [1.165, 1.54) is 16.8 Å². The van der Waals surface area contributed by atoms with Crippen molar-refractivity contribution in [3.05, 3.63) is 133 Å². The molecule has 0 spiro atoms. The van der Waals surface area contributed by atoms with E-state index in [1.807, 2.05) is 48.5 Å². The molecule has 0 fully saturated rings. The number of hydrogen-bond donors (Lipinski definition) is 0. The largest absolute Gasteiger partial charge is 0.486 e. The predicted molar refractivity (Wildman–Crippen MR) is 194 cm³/mol. The van der Waals surface area contributed by atoms with Crippen LogP contribution >= 0.6 is 0 Å². The molecule has 4 nitrogen and oxygen atoms in total. The number of rotatable bonds is 6. The van der Waals surface area contributed by atoms with Gasteiger partial charge in [0.05, 0.1) is 13.7 Å². The number of aromatic nitrogens is 3. The first-order chi connectivity index (χ1) is 23.8. The summed E-state index contributed by atoms with van der Waals surface area (Å²) in [5.74, 6) is 0.0298. The van der Waals surface area contributed by atoms with Crippen LogP contribution < -0.4 is 5.19 Å². The van der Waals surface area contributed by atoms with Crippen molar-refractivity contribution in [1.29, 1.82) is 0 Å². The maximum atomic E-state index is 13.5. The van der Waals surface area contributed by atoms with E-state index in [1.54, 1.807) is 30.5 Å². The van der Waals surface area contributed by atoms with Crippen molar-refractivity contribution in [3.8, 4) is 33.6 Å². The number of halogens is 1. The Labute approximate surface area is 301 Å². The molecule has 3 aromatic carbocycles. The van der Waals surface area contributed by atoms with Crippen LogP contribution in [-0.2, 0) is 26.5 Å². The number of aryl methyl sites for hydroxylation is 1. The van der Waals surface area contributed by atoms with Gasteiger partial charge in [0.15, 0.2) is 0 Å². The normalized spacial score (nSPS) is 12.5. The molecule has 0 N–H and O–H groups in total. The van der Waals surface area contributed by atoms with E-state index in [2.05, 4.69) is 78.9 Å². The van der Waals surface area contributed by atoms with E-state index in [0.717, 1.165) is 28.6 Å². The zero-order chi connectivity index (χ0) is 35.6. The van der Waals surface area contributed by atoms with Gasteiger partial charge in [-0.3, -0.25) is 0 Å². The maximum absolute atomic E-state index is 13.5. The second-order valence-corrected chi connectivity index (χ2v) is 18.1. The molecule has 0 atom stereocenters. The minimum Gasteiger partial charge on any atom is -0.486 e. The molecule has 48 heavy (non-hydrogen) atoms. The predicted octanol–water partition coefficient (Wildman–Crippen LogP) is 10.2. The third kappa shape index (κ3) is 7.70. The van der Waals surface area contributed by atoms with Crippen LogP contribution in [-0.4, -0.2) is 23.0 Å². The summed E-state index contributed by atoms with van der Waals surface area (Å²) in [7, 11) is -1.34. The molecular formula is C41H38FIrN3OSi-2. The minimum absolute atomic E-state index is 0. The van der Waals surface area contributed by atoms with E-state index < -0.39 is 20.9 Å². The van der Waals surface area contributed by atoms with Gasteiger partial charge in [0.2, 0.25) is 11.7 Å². The Kier molecular flexibility index (Phi) is 9.60. The molecule has 7 rings (SSSR count). The van der Waals surface area contributed by atoms with Gasteiger partial charge < -0.3 is 14.4 Å². The maximum Gasteiger partial charge on any atom is 0.218 e. The SMILES string of the molecule is CC(C)Cc1cc(-c2[c-]cccc2)ncc1[Si](C)(C)C.[2H]C([2H])([2H])c1cc(-c2[c-]ccc3c2oc2nc(F)ccc23)ncc1-c1ccccc1.[Ir]. The van der Waals surface area contributed by atoms with Crippen molar-refractivity contribution in [1.82, 2.24) is 15.0 Å². The fourth-order valence-electron chi connectivity index (χ4n) is 5.71. The van der Waals surface area contributed by atoms with Gasteiger partial charge in [-0.25, -0.2) is 0 Å². The van der Waals surface area contributed by atoms with Gasteiger partial charge in [0.1, 0.15) is 0 Å². The summed E-state index contributed by atoms with van der Waals surface area (Å²) in [6, 6.07) is 33.9. The van der Waals surface area contributed by atoms with Crippen LogP contribution in [0, 0.1) is 30.9 Å². The topological polar surface area (TPSA) is 51.8 Å². The standard InChI is InChI=1S/C23H14FN2O.C18H24NSi.Ir/c1-14-12-20(25-13-19(14)15-6-3-2-4-7-15)18-9-5-8-16-17-10-11-21(24)26-23(17)27-22(16)18;1-14(2)11-16-12-17(15-9-7-6-8-10-15)19-13-18(16)20(3,4)5;/h2-8,10-13H,1H3;6-9,12-14H,11H2,1-5H3;/q2*-1;/i1D3;;.